The third kappa shape index (κ3) is 1.53. The highest BCUT2D eigenvalue weighted by Crippen LogP contribution is 1.98. The van der Waals surface area contributed by atoms with Crippen LogP contribution in [0.1, 0.15) is 0 Å². The lowest BCUT2D eigenvalue weighted by Gasteiger charge is -2.00. The van der Waals surface area contributed by atoms with Gasteiger partial charge in [0, 0.05) is 5.10 Å². The first-order valence-electron chi connectivity index (χ1n) is 3.95. The highest BCUT2D eigenvalue weighted by molar-refractivity contribution is 7.58. The topological polar surface area (TPSA) is 21.7 Å². The van der Waals surface area contributed by atoms with Crippen LogP contribution in [0, 0.1) is 0 Å². The van der Waals surface area contributed by atoms with Gasteiger partial charge in [0.05, 0.1) is 7.05 Å². The Morgan fingerprint density at radius 3 is 2.54 bits per heavy atom. The molecule has 13 heavy (non-hydrogen) atoms. The van der Waals surface area contributed by atoms with E-state index in [-0.39, 0.29) is 0 Å². The molecule has 0 saturated carbocycles. The zero-order chi connectivity index (χ0) is 9.26. The first kappa shape index (κ1) is 8.19. The summed E-state index contributed by atoms with van der Waals surface area (Å²) < 4.78 is 3.57. The van der Waals surface area contributed by atoms with Crippen molar-refractivity contribution in [3.05, 3.63) is 36.7 Å². The van der Waals surface area contributed by atoms with Gasteiger partial charge in [-0.3, -0.25) is 0 Å². The van der Waals surface area contributed by atoms with E-state index in [1.54, 1.807) is 4.68 Å². The summed E-state index contributed by atoms with van der Waals surface area (Å²) in [7, 11) is 1.86. The second-order valence-electron chi connectivity index (χ2n) is 2.78. The second-order valence-corrected chi connectivity index (χ2v) is 3.14. The number of rotatable bonds is 1. The molecule has 3 nitrogen and oxygen atoms in total. The molecular formula is C9H9N3S. The number of hydrogen-bond acceptors (Lipinski definition) is 2. The quantitative estimate of drug-likeness (QED) is 0.486. The largest absolute Gasteiger partial charge is 0.702 e. The van der Waals surface area contributed by atoms with Crippen LogP contribution < -0.4 is 4.57 Å². The maximum absolute atomic E-state index is 5.09. The lowest BCUT2D eigenvalue weighted by Crippen LogP contribution is -2.30. The van der Waals surface area contributed by atoms with Gasteiger partial charge in [0.25, 0.3) is 0 Å². The third-order valence-corrected chi connectivity index (χ3v) is 2.04. The smallest absolute Gasteiger partial charge is 0.226 e. The number of nitrogens with zero attached hydrogens (tertiary/aromatic N) is 3. The lowest BCUT2D eigenvalue weighted by molar-refractivity contribution is -0.636. The average molecular weight is 191 g/mol. The summed E-state index contributed by atoms with van der Waals surface area (Å²) >= 11 is 5.09. The van der Waals surface area contributed by atoms with Gasteiger partial charge in [-0.2, -0.15) is 0 Å². The van der Waals surface area contributed by atoms with Crippen LogP contribution >= 0.6 is 0 Å². The van der Waals surface area contributed by atoms with Gasteiger partial charge < -0.3 is 12.6 Å². The standard InChI is InChI=1S/C9H9N3S/c1-11-7-12(9(13)10-11)8-5-3-2-4-6-8/h2-7H,1H3. The van der Waals surface area contributed by atoms with Crippen LogP contribution in [0.3, 0.4) is 0 Å². The minimum absolute atomic E-state index is 0.578. The van der Waals surface area contributed by atoms with Crippen LogP contribution in [0.5, 0.6) is 0 Å². The van der Waals surface area contributed by atoms with Crippen LogP contribution in [0.25, 0.3) is 5.69 Å². The van der Waals surface area contributed by atoms with E-state index in [9.17, 15) is 0 Å². The van der Waals surface area contributed by atoms with Gasteiger partial charge in [-0.1, -0.05) is 18.2 Å². The van der Waals surface area contributed by atoms with Crippen LogP contribution in [-0.4, -0.2) is 9.78 Å². The summed E-state index contributed by atoms with van der Waals surface area (Å²) in [6.07, 6.45) is 1.86. The minimum Gasteiger partial charge on any atom is -0.702 e. The molecule has 0 aliphatic carbocycles. The Kier molecular flexibility index (Phi) is 1.98. The van der Waals surface area contributed by atoms with Crippen molar-refractivity contribution in [1.29, 1.82) is 0 Å². The zero-order valence-electron chi connectivity index (χ0n) is 7.21. The minimum atomic E-state index is 0.578. The lowest BCUT2D eigenvalue weighted by atomic mass is 10.3. The predicted molar refractivity (Wildman–Crippen MR) is 50.4 cm³/mol. The van der Waals surface area contributed by atoms with Gasteiger partial charge in [0.2, 0.25) is 6.33 Å². The van der Waals surface area contributed by atoms with Crippen LogP contribution in [-0.2, 0) is 19.7 Å². The summed E-state index contributed by atoms with van der Waals surface area (Å²) in [5, 5.41) is 4.66. The normalized spacial score (nSPS) is 10.2. The SMILES string of the molecule is Cn1c[n+](-c2ccccc2)c([S-])n1. The van der Waals surface area contributed by atoms with E-state index >= 15 is 0 Å². The van der Waals surface area contributed by atoms with E-state index in [1.165, 1.54) is 0 Å². The molecule has 0 fully saturated rings. The molecule has 2 aromatic rings. The fourth-order valence-electron chi connectivity index (χ4n) is 1.19. The van der Waals surface area contributed by atoms with Crippen LogP contribution in [0.4, 0.5) is 0 Å². The molecule has 0 aliphatic heterocycles. The van der Waals surface area contributed by atoms with Gasteiger partial charge >= 0.3 is 0 Å². The van der Waals surface area contributed by atoms with Crippen molar-refractivity contribution in [1.82, 2.24) is 9.78 Å². The molecular weight excluding hydrogens is 182 g/mol. The molecule has 0 saturated heterocycles. The summed E-state index contributed by atoms with van der Waals surface area (Å²) in [5.74, 6) is 0. The summed E-state index contributed by atoms with van der Waals surface area (Å²) in [4.78, 5) is 0. The molecule has 1 aromatic heterocycles. The Balaban J connectivity index is 2.53. The van der Waals surface area contributed by atoms with Crippen molar-refractivity contribution in [2.75, 3.05) is 0 Å². The number of para-hydroxylation sites is 1. The first-order chi connectivity index (χ1) is 6.27. The van der Waals surface area contributed by atoms with Gasteiger partial charge in [-0.25, -0.2) is 4.57 Å². The predicted octanol–water partition coefficient (Wildman–Crippen LogP) is 0.603. The number of benzene rings is 1. The van der Waals surface area contributed by atoms with E-state index in [1.807, 2.05) is 48.3 Å². The molecule has 0 atom stereocenters. The van der Waals surface area contributed by atoms with E-state index in [0.717, 1.165) is 5.69 Å². The maximum Gasteiger partial charge on any atom is 0.226 e. The van der Waals surface area contributed by atoms with Crippen molar-refractivity contribution < 1.29 is 4.57 Å². The molecule has 0 bridgehead atoms. The zero-order valence-corrected chi connectivity index (χ0v) is 8.03. The highest BCUT2D eigenvalue weighted by atomic mass is 32.1. The fraction of sp³-hybridized carbons (Fsp3) is 0.111. The molecule has 2 rings (SSSR count). The van der Waals surface area contributed by atoms with E-state index in [2.05, 4.69) is 5.10 Å². The van der Waals surface area contributed by atoms with Crippen molar-refractivity contribution in [3.63, 3.8) is 0 Å². The van der Waals surface area contributed by atoms with Crippen LogP contribution in [0.15, 0.2) is 41.8 Å². The summed E-state index contributed by atoms with van der Waals surface area (Å²) in [6, 6.07) is 9.92. The Hall–Kier alpha value is -1.42. The van der Waals surface area contributed by atoms with Crippen molar-refractivity contribution in [2.24, 2.45) is 7.05 Å². The molecule has 0 amide bonds. The summed E-state index contributed by atoms with van der Waals surface area (Å²) in [6.45, 7) is 0. The molecule has 0 aliphatic rings. The number of aryl methyl sites for hydroxylation is 1. The molecule has 0 radical (unpaired) electrons. The molecule has 0 unspecified atom stereocenters. The van der Waals surface area contributed by atoms with E-state index in [0.29, 0.717) is 5.16 Å². The molecule has 4 heteroatoms. The number of aromatic nitrogens is 3. The van der Waals surface area contributed by atoms with Crippen molar-refractivity contribution in [2.45, 2.75) is 5.16 Å². The molecule has 0 N–H and O–H groups in total. The van der Waals surface area contributed by atoms with Gasteiger partial charge in [-0.15, -0.1) is 4.68 Å². The Bertz CT molecular complexity index is 408. The Morgan fingerprint density at radius 1 is 1.31 bits per heavy atom. The molecule has 66 valence electrons. The van der Waals surface area contributed by atoms with Crippen LogP contribution in [0.2, 0.25) is 0 Å². The first-order valence-corrected chi connectivity index (χ1v) is 4.36. The Labute approximate surface area is 82.0 Å². The maximum atomic E-state index is 5.09. The number of hydrogen-bond donors (Lipinski definition) is 0. The molecule has 1 aromatic carbocycles. The van der Waals surface area contributed by atoms with Gasteiger partial charge in [-0.05, 0) is 12.1 Å². The van der Waals surface area contributed by atoms with Crippen molar-refractivity contribution in [3.8, 4) is 5.69 Å². The van der Waals surface area contributed by atoms with Gasteiger partial charge in [0.1, 0.15) is 5.69 Å². The third-order valence-electron chi connectivity index (χ3n) is 1.77. The van der Waals surface area contributed by atoms with Crippen molar-refractivity contribution >= 4 is 12.6 Å². The molecule has 0 spiro atoms. The van der Waals surface area contributed by atoms with E-state index < -0.39 is 0 Å². The van der Waals surface area contributed by atoms with E-state index in [4.69, 9.17) is 12.6 Å². The molecule has 1 heterocycles. The monoisotopic (exact) mass is 191 g/mol. The summed E-state index contributed by atoms with van der Waals surface area (Å²) in [5.41, 5.74) is 1.04. The van der Waals surface area contributed by atoms with Gasteiger partial charge in [0.15, 0.2) is 5.16 Å². The Morgan fingerprint density at radius 2 is 2.00 bits per heavy atom. The second kappa shape index (κ2) is 3.14. The highest BCUT2D eigenvalue weighted by Gasteiger charge is 2.04. The average Bonchev–Trinajstić information content (AvgIpc) is 2.47. The fourth-order valence-corrected chi connectivity index (χ4v) is 1.47.